The van der Waals surface area contributed by atoms with Crippen LogP contribution in [0.1, 0.15) is 42.0 Å². The van der Waals surface area contributed by atoms with E-state index in [1.807, 2.05) is 0 Å². The van der Waals surface area contributed by atoms with Crippen LogP contribution in [-0.2, 0) is 13.0 Å². The van der Waals surface area contributed by atoms with Crippen molar-refractivity contribution >= 4 is 11.3 Å². The SMILES string of the molecule is CC1(C)Cc2nc(CO)sc2C(O)C1. The maximum atomic E-state index is 9.89. The highest BCUT2D eigenvalue weighted by Crippen LogP contribution is 2.42. The summed E-state index contributed by atoms with van der Waals surface area (Å²) in [6, 6.07) is 0. The lowest BCUT2D eigenvalue weighted by atomic mass is 9.77. The Bertz CT molecular complexity index is 346. The van der Waals surface area contributed by atoms with E-state index in [0.717, 1.165) is 23.4 Å². The van der Waals surface area contributed by atoms with Gasteiger partial charge >= 0.3 is 0 Å². The molecule has 0 amide bonds. The molecule has 1 atom stereocenters. The fourth-order valence-corrected chi connectivity index (χ4v) is 2.94. The molecule has 0 spiro atoms. The Morgan fingerprint density at radius 2 is 2.29 bits per heavy atom. The van der Waals surface area contributed by atoms with Crippen LogP contribution in [0.5, 0.6) is 0 Å². The second-order valence-corrected chi connectivity index (χ2v) is 5.75. The number of aliphatic hydroxyl groups is 2. The Morgan fingerprint density at radius 1 is 1.57 bits per heavy atom. The zero-order valence-electron chi connectivity index (χ0n) is 8.45. The van der Waals surface area contributed by atoms with Crippen molar-refractivity contribution in [2.24, 2.45) is 5.41 Å². The van der Waals surface area contributed by atoms with E-state index in [9.17, 15) is 5.11 Å². The van der Waals surface area contributed by atoms with Crippen molar-refractivity contribution in [3.05, 3.63) is 15.6 Å². The Morgan fingerprint density at radius 3 is 2.93 bits per heavy atom. The quantitative estimate of drug-likeness (QED) is 0.745. The summed E-state index contributed by atoms with van der Waals surface area (Å²) in [6.45, 7) is 4.25. The number of hydrogen-bond acceptors (Lipinski definition) is 4. The molecule has 0 bridgehead atoms. The minimum absolute atomic E-state index is 0.0230. The second kappa shape index (κ2) is 3.29. The molecule has 1 aromatic heterocycles. The zero-order chi connectivity index (χ0) is 10.3. The van der Waals surface area contributed by atoms with Gasteiger partial charge in [-0.2, -0.15) is 0 Å². The molecular weight excluding hydrogens is 198 g/mol. The smallest absolute Gasteiger partial charge is 0.119 e. The van der Waals surface area contributed by atoms with Gasteiger partial charge in [0.15, 0.2) is 0 Å². The number of fused-ring (bicyclic) bond motifs is 1. The number of aromatic nitrogens is 1. The van der Waals surface area contributed by atoms with Crippen LogP contribution in [0.25, 0.3) is 0 Å². The van der Waals surface area contributed by atoms with Crippen LogP contribution in [0, 0.1) is 5.41 Å². The van der Waals surface area contributed by atoms with E-state index in [1.54, 1.807) is 0 Å². The molecule has 1 aliphatic rings. The molecule has 0 fully saturated rings. The van der Waals surface area contributed by atoms with Gasteiger partial charge in [-0.3, -0.25) is 0 Å². The highest BCUT2D eigenvalue weighted by Gasteiger charge is 2.33. The molecule has 0 aromatic carbocycles. The average molecular weight is 213 g/mol. The highest BCUT2D eigenvalue weighted by atomic mass is 32.1. The van der Waals surface area contributed by atoms with Crippen molar-refractivity contribution < 1.29 is 10.2 Å². The van der Waals surface area contributed by atoms with E-state index in [-0.39, 0.29) is 12.0 Å². The molecule has 4 heteroatoms. The summed E-state index contributed by atoms with van der Waals surface area (Å²) in [5.41, 5.74) is 1.09. The molecule has 2 rings (SSSR count). The van der Waals surface area contributed by atoms with E-state index in [1.165, 1.54) is 11.3 Å². The van der Waals surface area contributed by atoms with E-state index in [0.29, 0.717) is 5.01 Å². The van der Waals surface area contributed by atoms with Crippen molar-refractivity contribution in [2.75, 3.05) is 0 Å². The van der Waals surface area contributed by atoms with Crippen molar-refractivity contribution in [2.45, 2.75) is 39.4 Å². The fraction of sp³-hybridized carbons (Fsp3) is 0.700. The lowest BCUT2D eigenvalue weighted by molar-refractivity contribution is 0.102. The highest BCUT2D eigenvalue weighted by molar-refractivity contribution is 7.11. The van der Waals surface area contributed by atoms with E-state index >= 15 is 0 Å². The first-order valence-corrected chi connectivity index (χ1v) is 5.61. The van der Waals surface area contributed by atoms with Crippen LogP contribution in [0.3, 0.4) is 0 Å². The molecule has 1 unspecified atom stereocenters. The summed E-state index contributed by atoms with van der Waals surface area (Å²) in [5.74, 6) is 0. The third kappa shape index (κ3) is 1.69. The first-order chi connectivity index (χ1) is 6.52. The molecule has 0 saturated heterocycles. The van der Waals surface area contributed by atoms with Crippen molar-refractivity contribution in [3.63, 3.8) is 0 Å². The van der Waals surface area contributed by atoms with Gasteiger partial charge in [0, 0.05) is 0 Å². The van der Waals surface area contributed by atoms with Gasteiger partial charge in [0.05, 0.1) is 23.3 Å². The molecular formula is C10H15NO2S. The predicted molar refractivity (Wildman–Crippen MR) is 55.1 cm³/mol. The molecule has 1 aliphatic carbocycles. The third-order valence-corrected chi connectivity index (χ3v) is 3.79. The van der Waals surface area contributed by atoms with Gasteiger partial charge in [-0.05, 0) is 18.3 Å². The van der Waals surface area contributed by atoms with Crippen molar-refractivity contribution in [3.8, 4) is 0 Å². The van der Waals surface area contributed by atoms with Gasteiger partial charge in [-0.1, -0.05) is 13.8 Å². The first-order valence-electron chi connectivity index (χ1n) is 4.79. The van der Waals surface area contributed by atoms with Crippen LogP contribution in [0.15, 0.2) is 0 Å². The third-order valence-electron chi connectivity index (χ3n) is 2.60. The number of aliphatic hydroxyl groups excluding tert-OH is 2. The van der Waals surface area contributed by atoms with Crippen LogP contribution in [-0.4, -0.2) is 15.2 Å². The van der Waals surface area contributed by atoms with Crippen LogP contribution in [0.2, 0.25) is 0 Å². The molecule has 2 N–H and O–H groups in total. The standard InChI is InChI=1S/C10H15NO2S/c1-10(2)3-6-9(7(13)4-10)14-8(5-12)11-6/h7,12-13H,3-5H2,1-2H3. The van der Waals surface area contributed by atoms with Crippen molar-refractivity contribution in [1.29, 1.82) is 0 Å². The Labute approximate surface area is 87.4 Å². The fourth-order valence-electron chi connectivity index (χ4n) is 2.01. The Balaban J connectivity index is 2.38. The van der Waals surface area contributed by atoms with E-state index in [2.05, 4.69) is 18.8 Å². The van der Waals surface area contributed by atoms with Crippen molar-refractivity contribution in [1.82, 2.24) is 4.98 Å². The lowest BCUT2D eigenvalue weighted by Gasteiger charge is -2.31. The van der Waals surface area contributed by atoms with Crippen LogP contribution in [0.4, 0.5) is 0 Å². The summed E-state index contributed by atoms with van der Waals surface area (Å²) >= 11 is 1.43. The second-order valence-electron chi connectivity index (χ2n) is 4.64. The van der Waals surface area contributed by atoms with Gasteiger partial charge < -0.3 is 10.2 Å². The first kappa shape index (κ1) is 10.1. The Kier molecular flexibility index (Phi) is 2.37. The Hall–Kier alpha value is -0.450. The average Bonchev–Trinajstić information content (AvgIpc) is 2.45. The minimum atomic E-state index is -0.397. The zero-order valence-corrected chi connectivity index (χ0v) is 9.27. The minimum Gasteiger partial charge on any atom is -0.389 e. The summed E-state index contributed by atoms with van der Waals surface area (Å²) in [6.07, 6.45) is 1.29. The van der Waals surface area contributed by atoms with Crippen LogP contribution < -0.4 is 0 Å². The number of rotatable bonds is 1. The molecule has 78 valence electrons. The number of thiazole rings is 1. The molecule has 0 aliphatic heterocycles. The molecule has 3 nitrogen and oxygen atoms in total. The molecule has 1 heterocycles. The number of nitrogens with zero attached hydrogens (tertiary/aromatic N) is 1. The number of hydrogen-bond donors (Lipinski definition) is 2. The van der Waals surface area contributed by atoms with Gasteiger partial charge in [0.25, 0.3) is 0 Å². The molecule has 14 heavy (non-hydrogen) atoms. The van der Waals surface area contributed by atoms with Gasteiger partial charge in [-0.25, -0.2) is 4.98 Å². The van der Waals surface area contributed by atoms with Gasteiger partial charge in [-0.15, -0.1) is 11.3 Å². The lowest BCUT2D eigenvalue weighted by Crippen LogP contribution is -2.24. The topological polar surface area (TPSA) is 53.4 Å². The predicted octanol–water partition coefficient (Wildman–Crippen LogP) is 1.64. The maximum absolute atomic E-state index is 9.89. The maximum Gasteiger partial charge on any atom is 0.119 e. The molecule has 0 radical (unpaired) electrons. The molecule has 1 aromatic rings. The summed E-state index contributed by atoms with van der Waals surface area (Å²) in [5, 5.41) is 19.6. The van der Waals surface area contributed by atoms with Gasteiger partial charge in [0.1, 0.15) is 5.01 Å². The largest absolute Gasteiger partial charge is 0.389 e. The molecule has 0 saturated carbocycles. The van der Waals surface area contributed by atoms with E-state index < -0.39 is 6.10 Å². The van der Waals surface area contributed by atoms with Crippen LogP contribution >= 0.6 is 11.3 Å². The summed E-state index contributed by atoms with van der Waals surface area (Å²) in [4.78, 5) is 5.28. The summed E-state index contributed by atoms with van der Waals surface area (Å²) < 4.78 is 0. The summed E-state index contributed by atoms with van der Waals surface area (Å²) in [7, 11) is 0. The monoisotopic (exact) mass is 213 g/mol. The van der Waals surface area contributed by atoms with Gasteiger partial charge in [0.2, 0.25) is 0 Å². The normalized spacial score (nSPS) is 24.7. The van der Waals surface area contributed by atoms with E-state index in [4.69, 9.17) is 5.11 Å².